The molecule has 7 nitrogen and oxygen atoms in total. The van der Waals surface area contributed by atoms with Crippen LogP contribution in [0.4, 0.5) is 0 Å². The Labute approximate surface area is 144 Å². The lowest BCUT2D eigenvalue weighted by atomic mass is 10.1. The van der Waals surface area contributed by atoms with Gasteiger partial charge in [-0.25, -0.2) is 14.2 Å². The lowest BCUT2D eigenvalue weighted by molar-refractivity contribution is 0.0687. The van der Waals surface area contributed by atoms with Crippen LogP contribution < -0.4 is 11.2 Å². The minimum Gasteiger partial charge on any atom is -0.477 e. The van der Waals surface area contributed by atoms with Gasteiger partial charge in [-0.3, -0.25) is 9.69 Å². The molecule has 1 fully saturated rings. The normalized spacial score (nSPS) is 14.8. The maximum Gasteiger partial charge on any atom is 0.352 e. The van der Waals surface area contributed by atoms with Crippen LogP contribution in [0.15, 0.2) is 33.9 Å². The van der Waals surface area contributed by atoms with Crippen LogP contribution in [0, 0.1) is 0 Å². The number of hydrogen-bond acceptors (Lipinski definition) is 4. The number of carbonyl (C=O) groups is 1. The second-order valence-electron chi connectivity index (χ2n) is 6.23. The van der Waals surface area contributed by atoms with E-state index in [0.717, 1.165) is 42.5 Å². The highest BCUT2D eigenvalue weighted by atomic mass is 16.4. The molecule has 25 heavy (non-hydrogen) atoms. The summed E-state index contributed by atoms with van der Waals surface area (Å²) in [5, 5.41) is 9.38. The first kappa shape index (κ1) is 17.2. The molecule has 1 aromatic heterocycles. The van der Waals surface area contributed by atoms with Gasteiger partial charge in [0.25, 0.3) is 5.56 Å². The molecule has 0 amide bonds. The van der Waals surface area contributed by atoms with Crippen molar-refractivity contribution >= 4 is 5.97 Å². The first-order valence-electron chi connectivity index (χ1n) is 8.44. The number of carboxylic acid groups (broad SMARTS) is 1. The quantitative estimate of drug-likeness (QED) is 0.855. The highest BCUT2D eigenvalue weighted by molar-refractivity contribution is 5.86. The summed E-state index contributed by atoms with van der Waals surface area (Å²) in [6.45, 7) is 3.89. The third-order valence-electron chi connectivity index (χ3n) is 4.60. The number of rotatable bonds is 5. The van der Waals surface area contributed by atoms with E-state index in [1.807, 2.05) is 24.0 Å². The second-order valence-corrected chi connectivity index (χ2v) is 6.23. The van der Waals surface area contributed by atoms with Crippen LogP contribution in [-0.4, -0.2) is 38.6 Å². The molecule has 2 heterocycles. The first-order valence-corrected chi connectivity index (χ1v) is 8.44. The van der Waals surface area contributed by atoms with Crippen molar-refractivity contribution in [1.29, 1.82) is 0 Å². The van der Waals surface area contributed by atoms with Crippen molar-refractivity contribution in [2.75, 3.05) is 13.1 Å². The van der Waals surface area contributed by atoms with Gasteiger partial charge in [-0.15, -0.1) is 0 Å². The molecule has 1 aliphatic rings. The Hall–Kier alpha value is -2.67. The van der Waals surface area contributed by atoms with E-state index < -0.39 is 17.2 Å². The molecule has 3 rings (SSSR count). The Morgan fingerprint density at radius 1 is 1.16 bits per heavy atom. The topological polar surface area (TPSA) is 95.4 Å². The maximum atomic E-state index is 12.9. The molecule has 1 saturated heterocycles. The molecule has 2 aromatic rings. The van der Waals surface area contributed by atoms with Crippen LogP contribution >= 0.6 is 0 Å². The molecule has 0 bridgehead atoms. The number of H-pyrrole nitrogens is 1. The van der Waals surface area contributed by atoms with Crippen LogP contribution in [0.2, 0.25) is 0 Å². The molecule has 0 saturated carbocycles. The second kappa shape index (κ2) is 7.06. The van der Waals surface area contributed by atoms with Crippen molar-refractivity contribution < 1.29 is 9.90 Å². The van der Waals surface area contributed by atoms with E-state index in [2.05, 4.69) is 4.98 Å². The van der Waals surface area contributed by atoms with Crippen LogP contribution in [-0.2, 0) is 13.0 Å². The fourth-order valence-electron chi connectivity index (χ4n) is 3.18. The number of aromatic nitrogens is 2. The van der Waals surface area contributed by atoms with E-state index in [4.69, 9.17) is 0 Å². The number of aromatic carboxylic acids is 1. The number of aryl methyl sites for hydroxylation is 1. The molecule has 0 aliphatic carbocycles. The van der Waals surface area contributed by atoms with Gasteiger partial charge in [0, 0.05) is 6.54 Å². The summed E-state index contributed by atoms with van der Waals surface area (Å²) in [5.74, 6) is -1.29. The van der Waals surface area contributed by atoms with Gasteiger partial charge < -0.3 is 10.1 Å². The molecule has 2 N–H and O–H groups in total. The summed E-state index contributed by atoms with van der Waals surface area (Å²) >= 11 is 0. The highest BCUT2D eigenvalue weighted by Crippen LogP contribution is 2.13. The third-order valence-corrected chi connectivity index (χ3v) is 4.60. The predicted octanol–water partition coefficient (Wildman–Crippen LogP) is 1.38. The molecule has 132 valence electrons. The number of likely N-dealkylation sites (tertiary alicyclic amines) is 1. The molecule has 1 aromatic carbocycles. The van der Waals surface area contributed by atoms with Crippen molar-refractivity contribution in [2.24, 2.45) is 0 Å². The van der Waals surface area contributed by atoms with Crippen LogP contribution in [0.3, 0.4) is 0 Å². The summed E-state index contributed by atoms with van der Waals surface area (Å²) in [4.78, 5) is 41.1. The summed E-state index contributed by atoms with van der Waals surface area (Å²) in [6.07, 6.45) is 2.90. The van der Waals surface area contributed by atoms with Crippen LogP contribution in [0.5, 0.6) is 0 Å². The lowest BCUT2D eigenvalue weighted by Gasteiger charge is -2.16. The van der Waals surface area contributed by atoms with Gasteiger partial charge in [0.1, 0.15) is 5.69 Å². The SMILES string of the molecule is CCc1ccc(-n2c(=O)[nH]c(C(=O)O)c(CN3CCCC3)c2=O)cc1. The molecule has 7 heteroatoms. The highest BCUT2D eigenvalue weighted by Gasteiger charge is 2.23. The first-order chi connectivity index (χ1) is 12.0. The summed E-state index contributed by atoms with van der Waals surface area (Å²) in [5.41, 5.74) is 0.0155. The number of nitrogens with zero attached hydrogens (tertiary/aromatic N) is 2. The molecular weight excluding hydrogens is 322 g/mol. The van der Waals surface area contributed by atoms with Gasteiger partial charge in [-0.1, -0.05) is 19.1 Å². The van der Waals surface area contributed by atoms with Crippen molar-refractivity contribution in [3.8, 4) is 5.69 Å². The Kier molecular flexibility index (Phi) is 4.85. The molecule has 0 radical (unpaired) electrons. The lowest BCUT2D eigenvalue weighted by Crippen LogP contribution is -2.40. The van der Waals surface area contributed by atoms with Gasteiger partial charge in [-0.2, -0.15) is 0 Å². The van der Waals surface area contributed by atoms with E-state index in [1.54, 1.807) is 12.1 Å². The van der Waals surface area contributed by atoms with Gasteiger partial charge in [0.2, 0.25) is 0 Å². The monoisotopic (exact) mass is 343 g/mol. The van der Waals surface area contributed by atoms with Crippen LogP contribution in [0.1, 0.15) is 41.4 Å². The third kappa shape index (κ3) is 3.41. The minimum atomic E-state index is -1.29. The van der Waals surface area contributed by atoms with Gasteiger partial charge in [-0.05, 0) is 50.0 Å². The summed E-state index contributed by atoms with van der Waals surface area (Å²) in [7, 11) is 0. The summed E-state index contributed by atoms with van der Waals surface area (Å²) in [6, 6.07) is 7.12. The fraction of sp³-hybridized carbons (Fsp3) is 0.389. The number of nitrogens with one attached hydrogen (secondary N) is 1. The van der Waals surface area contributed by atoms with Crippen molar-refractivity contribution in [2.45, 2.75) is 32.7 Å². The molecule has 0 atom stereocenters. The Bertz CT molecular complexity index is 890. The van der Waals surface area contributed by atoms with Gasteiger partial charge in [0.05, 0.1) is 11.3 Å². The summed E-state index contributed by atoms with van der Waals surface area (Å²) < 4.78 is 1.01. The smallest absolute Gasteiger partial charge is 0.352 e. The zero-order valence-corrected chi connectivity index (χ0v) is 14.1. The minimum absolute atomic E-state index is 0.119. The number of benzene rings is 1. The van der Waals surface area contributed by atoms with Crippen molar-refractivity contribution in [1.82, 2.24) is 14.5 Å². The maximum absolute atomic E-state index is 12.9. The number of carboxylic acids is 1. The zero-order chi connectivity index (χ0) is 18.0. The Balaban J connectivity index is 2.13. The van der Waals surface area contributed by atoms with Gasteiger partial charge in [0.15, 0.2) is 0 Å². The zero-order valence-electron chi connectivity index (χ0n) is 14.1. The van der Waals surface area contributed by atoms with Crippen molar-refractivity contribution in [3.63, 3.8) is 0 Å². The number of aromatic amines is 1. The Morgan fingerprint density at radius 3 is 2.36 bits per heavy atom. The van der Waals surface area contributed by atoms with E-state index >= 15 is 0 Å². The van der Waals surface area contributed by atoms with Crippen molar-refractivity contribution in [3.05, 3.63) is 61.9 Å². The van der Waals surface area contributed by atoms with E-state index in [0.29, 0.717) is 5.69 Å². The molecular formula is C18H21N3O4. The van der Waals surface area contributed by atoms with Gasteiger partial charge >= 0.3 is 11.7 Å². The van der Waals surface area contributed by atoms with Crippen LogP contribution in [0.25, 0.3) is 5.69 Å². The number of hydrogen-bond donors (Lipinski definition) is 2. The molecule has 1 aliphatic heterocycles. The largest absolute Gasteiger partial charge is 0.477 e. The van der Waals surface area contributed by atoms with E-state index in [1.165, 1.54) is 0 Å². The average molecular weight is 343 g/mol. The predicted molar refractivity (Wildman–Crippen MR) is 93.5 cm³/mol. The molecule has 0 spiro atoms. The van der Waals surface area contributed by atoms with E-state index in [-0.39, 0.29) is 17.8 Å². The molecule has 0 unspecified atom stereocenters. The average Bonchev–Trinajstić information content (AvgIpc) is 3.11. The Morgan fingerprint density at radius 2 is 1.80 bits per heavy atom. The standard InChI is InChI=1S/C18H21N3O4/c1-2-12-5-7-13(8-6-12)21-16(22)14(11-20-9-3-4-10-20)15(17(23)24)19-18(21)25/h5-8H,2-4,9-11H2,1H3,(H,19,25)(H,23,24). The fourth-order valence-corrected chi connectivity index (χ4v) is 3.18. The van der Waals surface area contributed by atoms with E-state index in [9.17, 15) is 19.5 Å².